The first kappa shape index (κ1) is 15.7. The van der Waals surface area contributed by atoms with E-state index in [0.717, 1.165) is 6.07 Å². The van der Waals surface area contributed by atoms with Crippen LogP contribution in [0.25, 0.3) is 0 Å². The van der Waals surface area contributed by atoms with Crippen LogP contribution < -0.4 is 11.1 Å². The summed E-state index contributed by atoms with van der Waals surface area (Å²) in [6.07, 6.45) is -4.50. The molecule has 0 atom stereocenters. The zero-order chi connectivity index (χ0) is 15.6. The van der Waals surface area contributed by atoms with E-state index in [4.69, 9.17) is 17.3 Å². The lowest BCUT2D eigenvalue weighted by molar-refractivity contribution is -0.136. The molecule has 3 nitrogen and oxygen atoms in total. The summed E-state index contributed by atoms with van der Waals surface area (Å²) < 4.78 is 38.7. The normalized spacial score (nSPS) is 11.4. The van der Waals surface area contributed by atoms with Crippen molar-refractivity contribution in [3.8, 4) is 0 Å². The van der Waals surface area contributed by atoms with Gasteiger partial charge in [0.2, 0.25) is 5.91 Å². The maximum atomic E-state index is 12.9. The van der Waals surface area contributed by atoms with Gasteiger partial charge in [0.05, 0.1) is 11.1 Å². The lowest BCUT2D eigenvalue weighted by atomic mass is 10.1. The molecule has 0 spiro atoms. The van der Waals surface area contributed by atoms with Crippen molar-refractivity contribution in [2.24, 2.45) is 5.73 Å². The van der Waals surface area contributed by atoms with Gasteiger partial charge >= 0.3 is 6.18 Å². The minimum absolute atomic E-state index is 0.0139. The standard InChI is InChI=1S/C13H10ClF3N2OS/c14-8-1-2-11(10(4-8)13(15,16)17)19-5-9-3-7(6-21-9)12(18)20/h1-4,6,19H,5H2,(H2,18,20). The third-order valence-corrected chi connectivity index (χ3v) is 3.85. The Labute approximate surface area is 127 Å². The number of amides is 1. The van der Waals surface area contributed by atoms with E-state index >= 15 is 0 Å². The van der Waals surface area contributed by atoms with Crippen LogP contribution in [-0.2, 0) is 12.7 Å². The molecule has 0 unspecified atom stereocenters. The summed E-state index contributed by atoms with van der Waals surface area (Å²) in [6, 6.07) is 5.06. The molecule has 0 aliphatic heterocycles. The van der Waals surface area contributed by atoms with Crippen LogP contribution in [0.5, 0.6) is 0 Å². The third-order valence-electron chi connectivity index (χ3n) is 2.68. The number of hydrogen-bond acceptors (Lipinski definition) is 3. The summed E-state index contributed by atoms with van der Waals surface area (Å²) in [4.78, 5) is 11.7. The van der Waals surface area contributed by atoms with Crippen LogP contribution in [0.1, 0.15) is 20.8 Å². The number of carbonyl (C=O) groups is 1. The van der Waals surface area contributed by atoms with E-state index in [1.807, 2.05) is 0 Å². The van der Waals surface area contributed by atoms with E-state index in [9.17, 15) is 18.0 Å². The van der Waals surface area contributed by atoms with E-state index < -0.39 is 17.6 Å². The first-order chi connectivity index (χ1) is 9.77. The van der Waals surface area contributed by atoms with E-state index in [1.54, 1.807) is 11.4 Å². The maximum Gasteiger partial charge on any atom is 0.418 e. The molecule has 1 amide bonds. The van der Waals surface area contributed by atoms with Crippen molar-refractivity contribution in [1.29, 1.82) is 0 Å². The van der Waals surface area contributed by atoms with Crippen LogP contribution in [0.15, 0.2) is 29.6 Å². The molecular weight excluding hydrogens is 325 g/mol. The van der Waals surface area contributed by atoms with E-state index in [1.165, 1.54) is 23.5 Å². The third kappa shape index (κ3) is 3.89. The van der Waals surface area contributed by atoms with Crippen LogP contribution in [0.4, 0.5) is 18.9 Å². The number of anilines is 1. The van der Waals surface area contributed by atoms with Gasteiger partial charge in [-0.05, 0) is 24.3 Å². The number of primary amides is 1. The van der Waals surface area contributed by atoms with Crippen LogP contribution in [0.2, 0.25) is 5.02 Å². The van der Waals surface area contributed by atoms with Gasteiger partial charge in [-0.3, -0.25) is 4.79 Å². The number of nitrogens with one attached hydrogen (secondary N) is 1. The van der Waals surface area contributed by atoms with Gasteiger partial charge in [0.15, 0.2) is 0 Å². The second kappa shape index (κ2) is 5.95. The van der Waals surface area contributed by atoms with Crippen molar-refractivity contribution < 1.29 is 18.0 Å². The molecular formula is C13H10ClF3N2OS. The quantitative estimate of drug-likeness (QED) is 0.883. The largest absolute Gasteiger partial charge is 0.418 e. The number of hydrogen-bond donors (Lipinski definition) is 2. The highest BCUT2D eigenvalue weighted by molar-refractivity contribution is 7.10. The molecule has 0 aliphatic carbocycles. The number of carbonyl (C=O) groups excluding carboxylic acids is 1. The van der Waals surface area contributed by atoms with Gasteiger partial charge < -0.3 is 11.1 Å². The second-order valence-corrected chi connectivity index (χ2v) is 5.64. The molecule has 21 heavy (non-hydrogen) atoms. The minimum Gasteiger partial charge on any atom is -0.380 e. The van der Waals surface area contributed by atoms with E-state index in [2.05, 4.69) is 5.32 Å². The Bertz CT molecular complexity index is 670. The molecule has 0 bridgehead atoms. The molecule has 1 aromatic carbocycles. The second-order valence-electron chi connectivity index (χ2n) is 4.21. The van der Waals surface area contributed by atoms with Crippen LogP contribution in [-0.4, -0.2) is 5.91 Å². The molecule has 2 aromatic rings. The van der Waals surface area contributed by atoms with Crippen LogP contribution in [0.3, 0.4) is 0 Å². The van der Waals surface area contributed by atoms with Crippen LogP contribution >= 0.6 is 22.9 Å². The number of nitrogens with two attached hydrogens (primary N) is 1. The molecule has 0 saturated heterocycles. The van der Waals surface area contributed by atoms with Gasteiger partial charge in [0, 0.05) is 27.5 Å². The average Bonchev–Trinajstić information content (AvgIpc) is 2.85. The van der Waals surface area contributed by atoms with Crippen molar-refractivity contribution in [3.05, 3.63) is 50.7 Å². The topological polar surface area (TPSA) is 55.1 Å². The summed E-state index contributed by atoms with van der Waals surface area (Å²) in [5.74, 6) is -0.569. The lowest BCUT2D eigenvalue weighted by Gasteiger charge is -2.14. The van der Waals surface area contributed by atoms with Crippen molar-refractivity contribution >= 4 is 34.5 Å². The summed E-state index contributed by atoms with van der Waals surface area (Å²) in [5.41, 5.74) is 4.55. The van der Waals surface area contributed by atoms with Gasteiger partial charge in [0.25, 0.3) is 0 Å². The first-order valence-corrected chi connectivity index (χ1v) is 7.01. The Morgan fingerprint density at radius 1 is 1.33 bits per heavy atom. The molecule has 0 aliphatic rings. The number of alkyl halides is 3. The molecule has 3 N–H and O–H groups in total. The smallest absolute Gasteiger partial charge is 0.380 e. The predicted molar refractivity (Wildman–Crippen MR) is 76.6 cm³/mol. The molecule has 2 rings (SSSR count). The molecule has 0 radical (unpaired) electrons. The molecule has 1 aromatic heterocycles. The summed E-state index contributed by atoms with van der Waals surface area (Å²) in [7, 11) is 0. The van der Waals surface area contributed by atoms with Gasteiger partial charge in [0.1, 0.15) is 0 Å². The fourth-order valence-electron chi connectivity index (χ4n) is 1.69. The number of rotatable bonds is 4. The molecule has 112 valence electrons. The fourth-order valence-corrected chi connectivity index (χ4v) is 2.68. The number of halogens is 4. The van der Waals surface area contributed by atoms with E-state index in [-0.39, 0.29) is 17.3 Å². The Morgan fingerprint density at radius 3 is 2.62 bits per heavy atom. The fraction of sp³-hybridized carbons (Fsp3) is 0.154. The highest BCUT2D eigenvalue weighted by Crippen LogP contribution is 2.36. The zero-order valence-electron chi connectivity index (χ0n) is 10.5. The van der Waals surface area contributed by atoms with Crippen LogP contribution in [0, 0.1) is 0 Å². The number of thiophene rings is 1. The average molecular weight is 335 g/mol. The summed E-state index contributed by atoms with van der Waals surface area (Å²) in [6.45, 7) is 0.155. The zero-order valence-corrected chi connectivity index (χ0v) is 12.1. The van der Waals surface area contributed by atoms with Gasteiger partial charge in [-0.15, -0.1) is 11.3 Å². The highest BCUT2D eigenvalue weighted by Gasteiger charge is 2.33. The summed E-state index contributed by atoms with van der Waals surface area (Å²) in [5, 5.41) is 4.27. The monoisotopic (exact) mass is 334 g/mol. The molecule has 8 heteroatoms. The highest BCUT2D eigenvalue weighted by atomic mass is 35.5. The minimum atomic E-state index is -4.50. The van der Waals surface area contributed by atoms with Gasteiger partial charge in [-0.1, -0.05) is 11.6 Å². The Balaban J connectivity index is 2.18. The Hall–Kier alpha value is -1.73. The number of benzene rings is 1. The SMILES string of the molecule is NC(=O)c1csc(CNc2ccc(Cl)cc2C(F)(F)F)c1. The molecule has 1 heterocycles. The Kier molecular flexibility index (Phi) is 4.43. The van der Waals surface area contributed by atoms with Crippen molar-refractivity contribution in [2.45, 2.75) is 12.7 Å². The van der Waals surface area contributed by atoms with Gasteiger partial charge in [-0.2, -0.15) is 13.2 Å². The summed E-state index contributed by atoms with van der Waals surface area (Å²) >= 11 is 6.84. The predicted octanol–water partition coefficient (Wildman–Crippen LogP) is 4.13. The Morgan fingerprint density at radius 2 is 2.05 bits per heavy atom. The maximum absolute atomic E-state index is 12.9. The van der Waals surface area contributed by atoms with Crippen molar-refractivity contribution in [3.63, 3.8) is 0 Å². The van der Waals surface area contributed by atoms with E-state index in [0.29, 0.717) is 10.4 Å². The van der Waals surface area contributed by atoms with Crippen molar-refractivity contribution in [2.75, 3.05) is 5.32 Å². The first-order valence-electron chi connectivity index (χ1n) is 5.75. The molecule has 0 fully saturated rings. The lowest BCUT2D eigenvalue weighted by Crippen LogP contribution is -2.11. The molecule has 0 saturated carbocycles. The van der Waals surface area contributed by atoms with Crippen molar-refractivity contribution in [1.82, 2.24) is 0 Å². The van der Waals surface area contributed by atoms with Gasteiger partial charge in [-0.25, -0.2) is 0 Å².